The van der Waals surface area contributed by atoms with Gasteiger partial charge in [-0.25, -0.2) is 0 Å². The molecule has 1 aliphatic rings. The van der Waals surface area contributed by atoms with Gasteiger partial charge >= 0.3 is 0 Å². The fourth-order valence-electron chi connectivity index (χ4n) is 2.09. The van der Waals surface area contributed by atoms with Gasteiger partial charge in [-0.15, -0.1) is 0 Å². The van der Waals surface area contributed by atoms with Crippen molar-refractivity contribution in [2.45, 2.75) is 25.4 Å². The molecule has 1 fully saturated rings. The average Bonchev–Trinajstić information content (AvgIpc) is 3.13. The maximum Gasteiger partial charge on any atom is 0.137 e. The SMILES string of the molecule is COc1ccc(-c2ccoc2CNC2CC2)cc1Cl. The molecule has 0 radical (unpaired) electrons. The number of halogens is 1. The van der Waals surface area contributed by atoms with Gasteiger partial charge in [0, 0.05) is 11.6 Å². The summed E-state index contributed by atoms with van der Waals surface area (Å²) < 4.78 is 10.7. The van der Waals surface area contributed by atoms with E-state index in [0.29, 0.717) is 16.8 Å². The molecule has 100 valence electrons. The molecule has 19 heavy (non-hydrogen) atoms. The second kappa shape index (κ2) is 5.27. The molecule has 4 heteroatoms. The Hall–Kier alpha value is -1.45. The fraction of sp³-hybridized carbons (Fsp3) is 0.333. The molecule has 1 N–H and O–H groups in total. The minimum absolute atomic E-state index is 0.613. The molecule has 2 aromatic rings. The summed E-state index contributed by atoms with van der Waals surface area (Å²) in [6, 6.07) is 8.42. The smallest absolute Gasteiger partial charge is 0.137 e. The minimum atomic E-state index is 0.613. The van der Waals surface area contributed by atoms with Gasteiger partial charge in [0.25, 0.3) is 0 Å². The van der Waals surface area contributed by atoms with Gasteiger partial charge < -0.3 is 14.5 Å². The van der Waals surface area contributed by atoms with Crippen LogP contribution in [-0.4, -0.2) is 13.2 Å². The number of hydrogen-bond donors (Lipinski definition) is 1. The molecule has 1 aromatic carbocycles. The molecule has 1 heterocycles. The van der Waals surface area contributed by atoms with Crippen LogP contribution in [-0.2, 0) is 6.54 Å². The first kappa shape index (κ1) is 12.6. The van der Waals surface area contributed by atoms with Crippen molar-refractivity contribution >= 4 is 11.6 Å². The summed E-state index contributed by atoms with van der Waals surface area (Å²) in [7, 11) is 1.61. The zero-order valence-corrected chi connectivity index (χ0v) is 11.5. The van der Waals surface area contributed by atoms with Crippen molar-refractivity contribution in [1.82, 2.24) is 5.32 Å². The van der Waals surface area contributed by atoms with E-state index in [2.05, 4.69) is 5.32 Å². The topological polar surface area (TPSA) is 34.4 Å². The summed E-state index contributed by atoms with van der Waals surface area (Å²) in [5.41, 5.74) is 2.13. The molecule has 0 unspecified atom stereocenters. The summed E-state index contributed by atoms with van der Waals surface area (Å²) >= 11 is 6.17. The summed E-state index contributed by atoms with van der Waals surface area (Å²) in [4.78, 5) is 0. The molecule has 3 rings (SSSR count). The summed E-state index contributed by atoms with van der Waals surface area (Å²) in [5, 5.41) is 4.07. The molecule has 0 saturated heterocycles. The van der Waals surface area contributed by atoms with Gasteiger partial charge in [-0.05, 0) is 36.6 Å². The molecular weight excluding hydrogens is 262 g/mol. The monoisotopic (exact) mass is 277 g/mol. The number of nitrogens with one attached hydrogen (secondary N) is 1. The van der Waals surface area contributed by atoms with Crippen LogP contribution < -0.4 is 10.1 Å². The molecule has 1 aromatic heterocycles. The van der Waals surface area contributed by atoms with Gasteiger partial charge in [0.1, 0.15) is 11.5 Å². The maximum absolute atomic E-state index is 6.17. The lowest BCUT2D eigenvalue weighted by atomic mass is 10.1. The second-order valence-electron chi connectivity index (χ2n) is 4.76. The van der Waals surface area contributed by atoms with Crippen LogP contribution in [0.1, 0.15) is 18.6 Å². The van der Waals surface area contributed by atoms with Crippen molar-refractivity contribution < 1.29 is 9.15 Å². The predicted octanol–water partition coefficient (Wildman–Crippen LogP) is 3.86. The highest BCUT2D eigenvalue weighted by Crippen LogP contribution is 2.32. The highest BCUT2D eigenvalue weighted by molar-refractivity contribution is 6.32. The third-order valence-electron chi connectivity index (χ3n) is 3.34. The number of methoxy groups -OCH3 is 1. The molecular formula is C15H16ClNO2. The third-order valence-corrected chi connectivity index (χ3v) is 3.63. The summed E-state index contributed by atoms with van der Waals surface area (Å²) in [5.74, 6) is 1.64. The van der Waals surface area contributed by atoms with Gasteiger partial charge in [0.05, 0.1) is 24.9 Å². The molecule has 3 nitrogen and oxygen atoms in total. The highest BCUT2D eigenvalue weighted by Gasteiger charge is 2.21. The van der Waals surface area contributed by atoms with Crippen LogP contribution in [0.2, 0.25) is 5.02 Å². The summed E-state index contributed by atoms with van der Waals surface area (Å²) in [6.07, 6.45) is 4.26. The Bertz CT molecular complexity index is 575. The third kappa shape index (κ3) is 2.77. The largest absolute Gasteiger partial charge is 0.495 e. The lowest BCUT2D eigenvalue weighted by molar-refractivity contribution is 0.415. The first-order valence-electron chi connectivity index (χ1n) is 6.41. The zero-order chi connectivity index (χ0) is 13.2. The standard InChI is InChI=1S/C15H16ClNO2/c1-18-14-5-2-10(8-13(14)16)12-6-7-19-15(12)9-17-11-3-4-11/h2,5-8,11,17H,3-4,9H2,1H3. The number of ether oxygens (including phenoxy) is 1. The van der Waals surface area contributed by atoms with Crippen molar-refractivity contribution in [3.05, 3.63) is 41.3 Å². The van der Waals surface area contributed by atoms with Crippen LogP contribution in [0.4, 0.5) is 0 Å². The predicted molar refractivity (Wildman–Crippen MR) is 75.6 cm³/mol. The Morgan fingerprint density at radius 1 is 1.37 bits per heavy atom. The number of furan rings is 1. The van der Waals surface area contributed by atoms with Crippen molar-refractivity contribution in [3.8, 4) is 16.9 Å². The Morgan fingerprint density at radius 2 is 2.21 bits per heavy atom. The first-order valence-corrected chi connectivity index (χ1v) is 6.79. The molecule has 0 aliphatic heterocycles. The zero-order valence-electron chi connectivity index (χ0n) is 10.8. The van der Waals surface area contributed by atoms with Crippen molar-refractivity contribution in [1.29, 1.82) is 0 Å². The molecule has 0 bridgehead atoms. The van der Waals surface area contributed by atoms with Gasteiger partial charge in [0.15, 0.2) is 0 Å². The quantitative estimate of drug-likeness (QED) is 0.901. The van der Waals surface area contributed by atoms with Crippen LogP contribution in [0, 0.1) is 0 Å². The van der Waals surface area contributed by atoms with Crippen molar-refractivity contribution in [2.75, 3.05) is 7.11 Å². The van der Waals surface area contributed by atoms with E-state index in [0.717, 1.165) is 23.4 Å². The molecule has 1 saturated carbocycles. The van der Waals surface area contributed by atoms with Gasteiger partial charge in [-0.1, -0.05) is 17.7 Å². The van der Waals surface area contributed by atoms with Crippen LogP contribution in [0.3, 0.4) is 0 Å². The first-order chi connectivity index (χ1) is 9.28. The summed E-state index contributed by atoms with van der Waals surface area (Å²) in [6.45, 7) is 0.761. The van der Waals surface area contributed by atoms with Crippen LogP contribution in [0.15, 0.2) is 34.9 Å². The van der Waals surface area contributed by atoms with E-state index in [9.17, 15) is 0 Å². The highest BCUT2D eigenvalue weighted by atomic mass is 35.5. The van der Waals surface area contributed by atoms with Gasteiger partial charge in [-0.2, -0.15) is 0 Å². The van der Waals surface area contributed by atoms with E-state index in [1.807, 2.05) is 24.3 Å². The number of benzene rings is 1. The van der Waals surface area contributed by atoms with E-state index < -0.39 is 0 Å². The number of hydrogen-bond acceptors (Lipinski definition) is 3. The fourth-order valence-corrected chi connectivity index (χ4v) is 2.35. The Labute approximate surface area is 117 Å². The van der Waals surface area contributed by atoms with Gasteiger partial charge in [0.2, 0.25) is 0 Å². The van der Waals surface area contributed by atoms with Crippen molar-refractivity contribution in [2.24, 2.45) is 0 Å². The van der Waals surface area contributed by atoms with E-state index in [4.69, 9.17) is 20.8 Å². The molecule has 0 atom stereocenters. The van der Waals surface area contributed by atoms with E-state index in [1.54, 1.807) is 13.4 Å². The molecule has 1 aliphatic carbocycles. The van der Waals surface area contributed by atoms with E-state index in [-0.39, 0.29) is 0 Å². The average molecular weight is 278 g/mol. The van der Waals surface area contributed by atoms with Crippen molar-refractivity contribution in [3.63, 3.8) is 0 Å². The number of rotatable bonds is 5. The lowest BCUT2D eigenvalue weighted by Gasteiger charge is -2.07. The normalized spacial score (nSPS) is 14.6. The Morgan fingerprint density at radius 3 is 2.89 bits per heavy atom. The lowest BCUT2D eigenvalue weighted by Crippen LogP contribution is -2.15. The van der Waals surface area contributed by atoms with Gasteiger partial charge in [-0.3, -0.25) is 0 Å². The van der Waals surface area contributed by atoms with E-state index in [1.165, 1.54) is 12.8 Å². The van der Waals surface area contributed by atoms with Crippen LogP contribution in [0.25, 0.3) is 11.1 Å². The Kier molecular flexibility index (Phi) is 3.49. The van der Waals surface area contributed by atoms with E-state index >= 15 is 0 Å². The maximum atomic E-state index is 6.17. The second-order valence-corrected chi connectivity index (χ2v) is 5.17. The van der Waals surface area contributed by atoms with Crippen LogP contribution >= 0.6 is 11.6 Å². The molecule has 0 spiro atoms. The Balaban J connectivity index is 1.84. The minimum Gasteiger partial charge on any atom is -0.495 e. The molecule has 0 amide bonds. The van der Waals surface area contributed by atoms with Crippen LogP contribution in [0.5, 0.6) is 5.75 Å².